The second-order valence-corrected chi connectivity index (χ2v) is 6.95. The summed E-state index contributed by atoms with van der Waals surface area (Å²) in [5.74, 6) is 0.554. The number of hydrogen-bond acceptors (Lipinski definition) is 5. The molecule has 1 aliphatic heterocycles. The number of amides is 2. The molecule has 0 bridgehead atoms. The first-order valence-corrected chi connectivity index (χ1v) is 9.95. The topological polar surface area (TPSA) is 91.5 Å². The van der Waals surface area contributed by atoms with Crippen LogP contribution >= 0.6 is 0 Å². The lowest BCUT2D eigenvalue weighted by Gasteiger charge is -2.20. The van der Waals surface area contributed by atoms with E-state index in [4.69, 9.17) is 4.74 Å². The largest absolute Gasteiger partial charge is 0.489 e. The second-order valence-electron chi connectivity index (χ2n) is 6.95. The zero-order valence-corrected chi connectivity index (χ0v) is 16.4. The molecule has 7 nitrogen and oxygen atoms in total. The van der Waals surface area contributed by atoms with E-state index in [1.54, 1.807) is 0 Å². The summed E-state index contributed by atoms with van der Waals surface area (Å²) < 4.78 is 5.81. The third-order valence-electron chi connectivity index (χ3n) is 4.66. The zero-order chi connectivity index (χ0) is 20.3. The molecule has 0 unspecified atom stereocenters. The molecular formula is C22H28N4O3. The Labute approximate surface area is 171 Å². The van der Waals surface area contributed by atoms with Gasteiger partial charge in [-0.1, -0.05) is 42.5 Å². The van der Waals surface area contributed by atoms with Crippen LogP contribution in [0.15, 0.2) is 54.6 Å². The van der Waals surface area contributed by atoms with Crippen LogP contribution in [-0.2, 0) is 22.6 Å². The van der Waals surface area contributed by atoms with E-state index in [9.17, 15) is 9.59 Å². The molecule has 29 heavy (non-hydrogen) atoms. The van der Waals surface area contributed by atoms with Crippen LogP contribution in [0.1, 0.15) is 11.1 Å². The molecule has 1 atom stereocenters. The minimum absolute atomic E-state index is 0.107. The van der Waals surface area contributed by atoms with E-state index in [-0.39, 0.29) is 18.4 Å². The molecule has 4 N–H and O–H groups in total. The lowest BCUT2D eigenvalue weighted by molar-refractivity contribution is -0.124. The average molecular weight is 396 g/mol. The standard InChI is InChI=1S/C22H28N4O3/c27-21-15-26-20(22(28)25-13-11-23-10-12-24-21)14-17-6-8-19(9-7-17)29-16-18-4-2-1-3-5-18/h1-9,20,23,26H,10-16H2,(H,24,27)(H,25,28)/t20-/m0/s1. The highest BCUT2D eigenvalue weighted by Crippen LogP contribution is 2.15. The first kappa shape index (κ1) is 20.8. The summed E-state index contributed by atoms with van der Waals surface area (Å²) in [6, 6.07) is 17.2. The van der Waals surface area contributed by atoms with Crippen molar-refractivity contribution in [1.29, 1.82) is 0 Å². The number of carbonyl (C=O) groups is 2. The third kappa shape index (κ3) is 7.21. The summed E-state index contributed by atoms with van der Waals surface area (Å²) in [6.07, 6.45) is 0.492. The van der Waals surface area contributed by atoms with Gasteiger partial charge >= 0.3 is 0 Å². The minimum Gasteiger partial charge on any atom is -0.489 e. The third-order valence-corrected chi connectivity index (χ3v) is 4.66. The molecule has 0 aromatic heterocycles. The molecule has 1 saturated heterocycles. The van der Waals surface area contributed by atoms with Crippen molar-refractivity contribution in [2.75, 3.05) is 32.7 Å². The molecule has 0 spiro atoms. The van der Waals surface area contributed by atoms with Gasteiger partial charge in [-0.15, -0.1) is 0 Å². The van der Waals surface area contributed by atoms with Gasteiger partial charge in [-0.25, -0.2) is 0 Å². The van der Waals surface area contributed by atoms with Gasteiger partial charge in [0.2, 0.25) is 11.8 Å². The Morgan fingerprint density at radius 3 is 2.31 bits per heavy atom. The lowest BCUT2D eigenvalue weighted by atomic mass is 10.0. The highest BCUT2D eigenvalue weighted by Gasteiger charge is 2.19. The van der Waals surface area contributed by atoms with Crippen LogP contribution in [0, 0.1) is 0 Å². The molecule has 154 valence electrons. The number of hydrogen-bond donors (Lipinski definition) is 4. The first-order valence-electron chi connectivity index (χ1n) is 9.95. The maximum absolute atomic E-state index is 12.5. The molecule has 1 aliphatic rings. The molecule has 0 saturated carbocycles. The normalized spacial score (nSPS) is 18.7. The summed E-state index contributed by atoms with van der Waals surface area (Å²) in [7, 11) is 0. The van der Waals surface area contributed by atoms with Gasteiger partial charge in [0.05, 0.1) is 12.6 Å². The van der Waals surface area contributed by atoms with E-state index in [1.807, 2.05) is 54.6 Å². The van der Waals surface area contributed by atoms with Crippen LogP contribution in [0.3, 0.4) is 0 Å². The Balaban J connectivity index is 1.56. The van der Waals surface area contributed by atoms with Gasteiger partial charge in [0.25, 0.3) is 0 Å². The number of ether oxygens (including phenoxy) is 1. The average Bonchev–Trinajstić information content (AvgIpc) is 2.75. The number of nitrogens with one attached hydrogen (secondary N) is 4. The van der Waals surface area contributed by atoms with Crippen molar-refractivity contribution in [2.45, 2.75) is 19.1 Å². The second kappa shape index (κ2) is 11.2. The Hall–Kier alpha value is -2.90. The highest BCUT2D eigenvalue weighted by atomic mass is 16.5. The van der Waals surface area contributed by atoms with Crippen molar-refractivity contribution in [2.24, 2.45) is 0 Å². The van der Waals surface area contributed by atoms with Crippen molar-refractivity contribution in [3.63, 3.8) is 0 Å². The number of carbonyl (C=O) groups excluding carboxylic acids is 2. The number of benzene rings is 2. The van der Waals surface area contributed by atoms with Gasteiger partial charge in [0, 0.05) is 26.2 Å². The van der Waals surface area contributed by atoms with Gasteiger partial charge in [-0.2, -0.15) is 0 Å². The maximum atomic E-state index is 12.5. The van der Waals surface area contributed by atoms with E-state index in [2.05, 4.69) is 21.3 Å². The summed E-state index contributed by atoms with van der Waals surface area (Å²) in [4.78, 5) is 24.4. The first-order chi connectivity index (χ1) is 14.2. The zero-order valence-electron chi connectivity index (χ0n) is 16.4. The van der Waals surface area contributed by atoms with Crippen molar-refractivity contribution in [1.82, 2.24) is 21.3 Å². The smallest absolute Gasteiger partial charge is 0.237 e. The van der Waals surface area contributed by atoms with Crippen LogP contribution < -0.4 is 26.0 Å². The van der Waals surface area contributed by atoms with Gasteiger partial charge in [-0.05, 0) is 29.7 Å². The van der Waals surface area contributed by atoms with E-state index >= 15 is 0 Å². The van der Waals surface area contributed by atoms with E-state index in [0.29, 0.717) is 39.2 Å². The quantitative estimate of drug-likeness (QED) is 0.594. The van der Waals surface area contributed by atoms with Crippen molar-refractivity contribution in [3.05, 3.63) is 65.7 Å². The molecule has 7 heteroatoms. The summed E-state index contributed by atoms with van der Waals surface area (Å²) in [6.45, 7) is 3.10. The molecule has 1 heterocycles. The fourth-order valence-electron chi connectivity index (χ4n) is 3.05. The van der Waals surface area contributed by atoms with E-state index in [1.165, 1.54) is 0 Å². The SMILES string of the molecule is O=C1CN[C@@H](Cc2ccc(OCc3ccccc3)cc2)C(=O)NCCNCCN1. The Morgan fingerprint density at radius 1 is 0.828 bits per heavy atom. The van der Waals surface area contributed by atoms with Crippen LogP contribution in [0.25, 0.3) is 0 Å². The fourth-order valence-corrected chi connectivity index (χ4v) is 3.05. The highest BCUT2D eigenvalue weighted by molar-refractivity contribution is 5.84. The van der Waals surface area contributed by atoms with E-state index in [0.717, 1.165) is 16.9 Å². The summed E-state index contributed by atoms with van der Waals surface area (Å²) >= 11 is 0. The lowest BCUT2D eigenvalue weighted by Crippen LogP contribution is -2.51. The number of rotatable bonds is 5. The molecule has 0 aliphatic carbocycles. The Kier molecular flexibility index (Phi) is 8.03. The predicted molar refractivity (Wildman–Crippen MR) is 112 cm³/mol. The molecule has 1 fully saturated rings. The molecule has 2 aromatic rings. The molecule has 2 amide bonds. The Morgan fingerprint density at radius 2 is 1.55 bits per heavy atom. The van der Waals surface area contributed by atoms with Crippen molar-refractivity contribution in [3.8, 4) is 5.75 Å². The fraction of sp³-hybridized carbons (Fsp3) is 0.364. The van der Waals surface area contributed by atoms with Crippen LogP contribution in [0.2, 0.25) is 0 Å². The van der Waals surface area contributed by atoms with Crippen LogP contribution in [-0.4, -0.2) is 50.6 Å². The van der Waals surface area contributed by atoms with E-state index < -0.39 is 6.04 Å². The molecule has 2 aromatic carbocycles. The van der Waals surface area contributed by atoms with Gasteiger partial charge < -0.3 is 20.7 Å². The van der Waals surface area contributed by atoms with Crippen LogP contribution in [0.4, 0.5) is 0 Å². The molecule has 3 rings (SSSR count). The minimum atomic E-state index is -0.476. The van der Waals surface area contributed by atoms with Crippen LogP contribution in [0.5, 0.6) is 5.75 Å². The van der Waals surface area contributed by atoms with Crippen molar-refractivity contribution >= 4 is 11.8 Å². The summed E-state index contributed by atoms with van der Waals surface area (Å²) in [5.41, 5.74) is 2.11. The predicted octanol–water partition coefficient (Wildman–Crippen LogP) is 0.602. The molecular weight excluding hydrogens is 368 g/mol. The molecule has 0 radical (unpaired) electrons. The van der Waals surface area contributed by atoms with Gasteiger partial charge in [-0.3, -0.25) is 14.9 Å². The Bertz CT molecular complexity index is 780. The monoisotopic (exact) mass is 396 g/mol. The summed E-state index contributed by atoms with van der Waals surface area (Å²) in [5, 5.41) is 12.0. The van der Waals surface area contributed by atoms with Crippen molar-refractivity contribution < 1.29 is 14.3 Å². The van der Waals surface area contributed by atoms with Gasteiger partial charge in [0.15, 0.2) is 0 Å². The maximum Gasteiger partial charge on any atom is 0.237 e. The van der Waals surface area contributed by atoms with Gasteiger partial charge in [0.1, 0.15) is 12.4 Å².